The number of amides is 2. The Kier molecular flexibility index (Phi) is 3.90. The van der Waals surface area contributed by atoms with Crippen LogP contribution in [0.1, 0.15) is 48.4 Å². The molecule has 0 saturated heterocycles. The molecule has 2 aromatic rings. The first kappa shape index (κ1) is 15.9. The molecule has 2 amide bonds. The predicted molar refractivity (Wildman–Crippen MR) is 83.2 cm³/mol. The first-order valence-electron chi connectivity index (χ1n) is 6.90. The van der Waals surface area contributed by atoms with E-state index in [2.05, 4.69) is 0 Å². The number of carbonyl (C=O) groups is 4. The Morgan fingerprint density at radius 2 is 1.79 bits per heavy atom. The quantitative estimate of drug-likeness (QED) is 0.804. The number of carboxylic acid groups (broad SMARTS) is 2. The van der Waals surface area contributed by atoms with Crippen molar-refractivity contribution in [2.75, 3.05) is 0 Å². The Morgan fingerprint density at radius 1 is 1.08 bits per heavy atom. The number of carbonyl (C=O) groups excluding carboxylic acids is 2. The highest BCUT2D eigenvalue weighted by molar-refractivity contribution is 7.10. The van der Waals surface area contributed by atoms with Gasteiger partial charge in [0.1, 0.15) is 0 Å². The summed E-state index contributed by atoms with van der Waals surface area (Å²) in [6.07, 6.45) is -0.419. The Morgan fingerprint density at radius 3 is 2.38 bits per heavy atom. The molecule has 0 spiro atoms. The number of hydrogen-bond donors (Lipinski definition) is 2. The largest absolute Gasteiger partial charge is 0.481 e. The predicted octanol–water partition coefficient (Wildman–Crippen LogP) is 2.26. The summed E-state index contributed by atoms with van der Waals surface area (Å²) in [6.45, 7) is 0. The molecule has 1 aromatic carbocycles. The standard InChI is InChI=1S/C16H11NO6S/c18-13(19)7-11(12-2-1-5-24-12)17-14(20)9-4-3-8(16(22)23)6-10(9)15(17)21/h1-6,11H,7H2,(H,18,19)(H,22,23). The van der Waals surface area contributed by atoms with E-state index in [0.717, 1.165) is 11.0 Å². The summed E-state index contributed by atoms with van der Waals surface area (Å²) >= 11 is 1.25. The zero-order valence-electron chi connectivity index (χ0n) is 12.1. The first-order valence-corrected chi connectivity index (χ1v) is 7.78. The van der Waals surface area contributed by atoms with Crippen molar-refractivity contribution in [2.24, 2.45) is 0 Å². The van der Waals surface area contributed by atoms with Crippen LogP contribution in [0.25, 0.3) is 0 Å². The Bertz CT molecular complexity index is 857. The van der Waals surface area contributed by atoms with E-state index in [4.69, 9.17) is 10.2 Å². The summed E-state index contributed by atoms with van der Waals surface area (Å²) in [4.78, 5) is 48.9. The molecular weight excluding hydrogens is 334 g/mol. The van der Waals surface area contributed by atoms with Crippen molar-refractivity contribution < 1.29 is 29.4 Å². The fourth-order valence-corrected chi connectivity index (χ4v) is 3.46. The second-order valence-corrected chi connectivity index (χ2v) is 6.15. The number of fused-ring (bicyclic) bond motifs is 1. The van der Waals surface area contributed by atoms with Gasteiger partial charge in [0, 0.05) is 4.88 Å². The molecule has 0 bridgehead atoms. The fourth-order valence-electron chi connectivity index (χ4n) is 2.64. The third-order valence-corrected chi connectivity index (χ3v) is 4.69. The number of aliphatic carboxylic acids is 1. The number of thiophene rings is 1. The number of benzene rings is 1. The highest BCUT2D eigenvalue weighted by atomic mass is 32.1. The van der Waals surface area contributed by atoms with Crippen LogP contribution in [0, 0.1) is 0 Å². The van der Waals surface area contributed by atoms with Gasteiger partial charge >= 0.3 is 11.9 Å². The Hall–Kier alpha value is -3.00. The molecule has 0 radical (unpaired) electrons. The molecule has 1 aliphatic rings. The average Bonchev–Trinajstić information content (AvgIpc) is 3.14. The van der Waals surface area contributed by atoms with Gasteiger partial charge in [-0.2, -0.15) is 0 Å². The van der Waals surface area contributed by atoms with Crippen LogP contribution in [0.5, 0.6) is 0 Å². The molecule has 8 heteroatoms. The van der Waals surface area contributed by atoms with Crippen LogP contribution in [0.3, 0.4) is 0 Å². The van der Waals surface area contributed by atoms with Crippen LogP contribution >= 0.6 is 11.3 Å². The molecule has 122 valence electrons. The lowest BCUT2D eigenvalue weighted by Gasteiger charge is -2.23. The van der Waals surface area contributed by atoms with Crippen molar-refractivity contribution in [2.45, 2.75) is 12.5 Å². The second-order valence-electron chi connectivity index (χ2n) is 5.17. The van der Waals surface area contributed by atoms with Crippen molar-refractivity contribution in [1.82, 2.24) is 4.90 Å². The Labute approximate surface area is 139 Å². The molecule has 0 aliphatic carbocycles. The van der Waals surface area contributed by atoms with Crippen molar-refractivity contribution >= 4 is 35.1 Å². The number of aromatic carboxylic acids is 1. The average molecular weight is 345 g/mol. The fraction of sp³-hybridized carbons (Fsp3) is 0.125. The summed E-state index contributed by atoms with van der Waals surface area (Å²) in [5.41, 5.74) is -0.0496. The highest BCUT2D eigenvalue weighted by Crippen LogP contribution is 2.35. The van der Waals surface area contributed by atoms with Crippen molar-refractivity contribution in [3.8, 4) is 0 Å². The van der Waals surface area contributed by atoms with Gasteiger partial charge in [0.25, 0.3) is 11.8 Å². The van der Waals surface area contributed by atoms with Crippen LogP contribution in [-0.4, -0.2) is 38.9 Å². The normalized spacial score (nSPS) is 14.6. The maximum atomic E-state index is 12.6. The van der Waals surface area contributed by atoms with Crippen LogP contribution in [0.15, 0.2) is 35.7 Å². The third-order valence-electron chi connectivity index (χ3n) is 3.72. The maximum Gasteiger partial charge on any atom is 0.335 e. The monoisotopic (exact) mass is 345 g/mol. The smallest absolute Gasteiger partial charge is 0.335 e. The van der Waals surface area contributed by atoms with Gasteiger partial charge in [-0.05, 0) is 29.6 Å². The van der Waals surface area contributed by atoms with Gasteiger partial charge in [-0.3, -0.25) is 19.3 Å². The number of nitrogens with zero attached hydrogens (tertiary/aromatic N) is 1. The molecule has 1 atom stereocenters. The number of imide groups is 1. The van der Waals surface area contributed by atoms with E-state index in [1.807, 2.05) is 0 Å². The topological polar surface area (TPSA) is 112 Å². The van der Waals surface area contributed by atoms with Crippen LogP contribution in [0.4, 0.5) is 0 Å². The molecule has 0 saturated carbocycles. The van der Waals surface area contributed by atoms with E-state index in [9.17, 15) is 19.2 Å². The van der Waals surface area contributed by atoms with Crippen LogP contribution < -0.4 is 0 Å². The van der Waals surface area contributed by atoms with Gasteiger partial charge in [0.15, 0.2) is 0 Å². The number of hydrogen-bond acceptors (Lipinski definition) is 5. The summed E-state index contributed by atoms with van der Waals surface area (Å²) < 4.78 is 0. The summed E-state index contributed by atoms with van der Waals surface area (Å²) in [5.74, 6) is -3.66. The van der Waals surface area contributed by atoms with Gasteiger partial charge in [0.05, 0.1) is 29.2 Å². The minimum Gasteiger partial charge on any atom is -0.481 e. The van der Waals surface area contributed by atoms with Gasteiger partial charge in [-0.1, -0.05) is 6.07 Å². The lowest BCUT2D eigenvalue weighted by Crippen LogP contribution is -2.35. The molecule has 7 nitrogen and oxygen atoms in total. The SMILES string of the molecule is O=C(O)CC(c1cccs1)N1C(=O)c2ccc(C(=O)O)cc2C1=O. The lowest BCUT2D eigenvalue weighted by atomic mass is 10.1. The Balaban J connectivity index is 2.05. The van der Waals surface area contributed by atoms with Gasteiger partial charge in [-0.15, -0.1) is 11.3 Å². The molecule has 3 rings (SSSR count). The van der Waals surface area contributed by atoms with Crippen molar-refractivity contribution in [1.29, 1.82) is 0 Å². The first-order chi connectivity index (χ1) is 11.4. The van der Waals surface area contributed by atoms with E-state index in [-0.39, 0.29) is 16.7 Å². The van der Waals surface area contributed by atoms with Gasteiger partial charge in [0.2, 0.25) is 0 Å². The van der Waals surface area contributed by atoms with E-state index in [1.54, 1.807) is 17.5 Å². The molecule has 1 aromatic heterocycles. The zero-order valence-corrected chi connectivity index (χ0v) is 12.9. The number of carboxylic acids is 2. The molecule has 24 heavy (non-hydrogen) atoms. The minimum absolute atomic E-state index is 0.0214. The maximum absolute atomic E-state index is 12.6. The van der Waals surface area contributed by atoms with E-state index >= 15 is 0 Å². The van der Waals surface area contributed by atoms with Crippen LogP contribution in [0.2, 0.25) is 0 Å². The van der Waals surface area contributed by atoms with Gasteiger partial charge < -0.3 is 10.2 Å². The van der Waals surface area contributed by atoms with Crippen molar-refractivity contribution in [3.05, 3.63) is 57.3 Å². The van der Waals surface area contributed by atoms with E-state index < -0.39 is 36.2 Å². The molecule has 0 fully saturated rings. The summed E-state index contributed by atoms with van der Waals surface area (Å²) in [7, 11) is 0. The molecule has 2 heterocycles. The van der Waals surface area contributed by atoms with E-state index in [1.165, 1.54) is 23.5 Å². The number of rotatable bonds is 5. The molecular formula is C16H11NO6S. The highest BCUT2D eigenvalue weighted by Gasteiger charge is 2.42. The van der Waals surface area contributed by atoms with Crippen LogP contribution in [-0.2, 0) is 4.79 Å². The van der Waals surface area contributed by atoms with Gasteiger partial charge in [-0.25, -0.2) is 4.79 Å². The molecule has 1 aliphatic heterocycles. The second kappa shape index (κ2) is 5.89. The lowest BCUT2D eigenvalue weighted by molar-refractivity contribution is -0.138. The van der Waals surface area contributed by atoms with E-state index in [0.29, 0.717) is 4.88 Å². The zero-order chi connectivity index (χ0) is 17.4. The summed E-state index contributed by atoms with van der Waals surface area (Å²) in [5, 5.41) is 19.9. The molecule has 2 N–H and O–H groups in total. The summed E-state index contributed by atoms with van der Waals surface area (Å²) in [6, 6.07) is 6.10. The molecule has 1 unspecified atom stereocenters. The minimum atomic E-state index is -1.21. The van der Waals surface area contributed by atoms with Crippen molar-refractivity contribution in [3.63, 3.8) is 0 Å². The third kappa shape index (κ3) is 2.56.